The average molecular weight is 326 g/mol. The van der Waals surface area contributed by atoms with Gasteiger partial charge in [-0.2, -0.15) is 13.2 Å². The van der Waals surface area contributed by atoms with Gasteiger partial charge in [0.1, 0.15) is 5.82 Å². The summed E-state index contributed by atoms with van der Waals surface area (Å²) < 4.78 is 50.9. The fraction of sp³-hybridized carbons (Fsp3) is 0.188. The maximum Gasteiger partial charge on any atom is 0.416 e. The lowest BCUT2D eigenvalue weighted by Crippen LogP contribution is -2.17. The third-order valence-corrected chi connectivity index (χ3v) is 3.16. The Hall–Kier alpha value is -2.57. The molecule has 2 aromatic rings. The van der Waals surface area contributed by atoms with Crippen molar-refractivity contribution in [2.24, 2.45) is 0 Å². The van der Waals surface area contributed by atoms with Crippen molar-refractivity contribution in [2.75, 3.05) is 24.3 Å². The molecule has 2 aromatic carbocycles. The van der Waals surface area contributed by atoms with Crippen molar-refractivity contribution in [1.82, 2.24) is 0 Å². The second kappa shape index (κ2) is 6.28. The molecule has 0 saturated carbocycles. The second-order valence-corrected chi connectivity index (χ2v) is 5.09. The quantitative estimate of drug-likeness (QED) is 0.859. The van der Waals surface area contributed by atoms with Gasteiger partial charge in [0.15, 0.2) is 0 Å². The zero-order valence-electron chi connectivity index (χ0n) is 12.4. The molecule has 122 valence electrons. The van der Waals surface area contributed by atoms with Crippen LogP contribution in [0, 0.1) is 5.82 Å². The van der Waals surface area contributed by atoms with Crippen molar-refractivity contribution in [1.29, 1.82) is 0 Å². The summed E-state index contributed by atoms with van der Waals surface area (Å²) in [7, 11) is 3.45. The number of alkyl halides is 3. The van der Waals surface area contributed by atoms with E-state index >= 15 is 0 Å². The Kier molecular flexibility index (Phi) is 4.58. The van der Waals surface area contributed by atoms with Gasteiger partial charge >= 0.3 is 6.18 Å². The van der Waals surface area contributed by atoms with Crippen LogP contribution in [0.4, 0.5) is 28.9 Å². The molecule has 0 saturated heterocycles. The SMILES string of the molecule is CN(C)c1ccc(F)cc1NC(=O)c1ccc(C(F)(F)F)cc1. The molecule has 7 heteroatoms. The first kappa shape index (κ1) is 16.8. The van der Waals surface area contributed by atoms with Crippen molar-refractivity contribution >= 4 is 17.3 Å². The monoisotopic (exact) mass is 326 g/mol. The Morgan fingerprint density at radius 3 is 2.17 bits per heavy atom. The number of nitrogens with zero attached hydrogens (tertiary/aromatic N) is 1. The summed E-state index contributed by atoms with van der Waals surface area (Å²) in [5.74, 6) is -1.15. The molecule has 0 radical (unpaired) electrons. The topological polar surface area (TPSA) is 32.3 Å². The molecular weight excluding hydrogens is 312 g/mol. The van der Waals surface area contributed by atoms with Gasteiger partial charge in [-0.1, -0.05) is 0 Å². The zero-order valence-corrected chi connectivity index (χ0v) is 12.4. The van der Waals surface area contributed by atoms with Gasteiger partial charge in [0, 0.05) is 19.7 Å². The number of hydrogen-bond acceptors (Lipinski definition) is 2. The van der Waals surface area contributed by atoms with Crippen molar-refractivity contribution < 1.29 is 22.4 Å². The number of benzene rings is 2. The van der Waals surface area contributed by atoms with Crippen LogP contribution >= 0.6 is 0 Å². The first-order chi connectivity index (χ1) is 10.7. The summed E-state index contributed by atoms with van der Waals surface area (Å²) in [6.45, 7) is 0. The minimum atomic E-state index is -4.46. The molecule has 1 amide bonds. The van der Waals surface area contributed by atoms with E-state index in [-0.39, 0.29) is 11.3 Å². The van der Waals surface area contributed by atoms with Crippen LogP contribution in [0.2, 0.25) is 0 Å². The van der Waals surface area contributed by atoms with E-state index in [1.165, 1.54) is 12.1 Å². The van der Waals surface area contributed by atoms with Gasteiger partial charge in [-0.25, -0.2) is 4.39 Å². The smallest absolute Gasteiger partial charge is 0.376 e. The number of halogens is 4. The van der Waals surface area contributed by atoms with Crippen LogP contribution in [0.15, 0.2) is 42.5 Å². The Labute approximate surface area is 130 Å². The molecule has 0 fully saturated rings. The Bertz CT molecular complexity index is 709. The van der Waals surface area contributed by atoms with E-state index in [1.54, 1.807) is 19.0 Å². The molecule has 0 aliphatic carbocycles. The molecule has 0 aliphatic heterocycles. The average Bonchev–Trinajstić information content (AvgIpc) is 2.46. The van der Waals surface area contributed by atoms with Crippen LogP contribution in [0.1, 0.15) is 15.9 Å². The minimum Gasteiger partial charge on any atom is -0.376 e. The van der Waals surface area contributed by atoms with Crippen LogP contribution in [0.25, 0.3) is 0 Å². The lowest BCUT2D eigenvalue weighted by Gasteiger charge is -2.18. The van der Waals surface area contributed by atoms with Crippen molar-refractivity contribution in [2.45, 2.75) is 6.18 Å². The first-order valence-corrected chi connectivity index (χ1v) is 6.64. The fourth-order valence-electron chi connectivity index (χ4n) is 2.00. The van der Waals surface area contributed by atoms with E-state index in [2.05, 4.69) is 5.32 Å². The van der Waals surface area contributed by atoms with E-state index in [1.807, 2.05) is 0 Å². The number of amides is 1. The Morgan fingerprint density at radius 1 is 1.04 bits per heavy atom. The summed E-state index contributed by atoms with van der Waals surface area (Å²) in [6, 6.07) is 7.71. The maximum absolute atomic E-state index is 13.4. The molecule has 0 aliphatic rings. The predicted octanol–water partition coefficient (Wildman–Crippen LogP) is 4.16. The molecule has 1 N–H and O–H groups in total. The van der Waals surface area contributed by atoms with Gasteiger partial charge < -0.3 is 10.2 Å². The highest BCUT2D eigenvalue weighted by molar-refractivity contribution is 6.05. The molecule has 0 atom stereocenters. The highest BCUT2D eigenvalue weighted by Crippen LogP contribution is 2.29. The number of anilines is 2. The second-order valence-electron chi connectivity index (χ2n) is 5.09. The molecule has 0 aromatic heterocycles. The highest BCUT2D eigenvalue weighted by atomic mass is 19.4. The van der Waals surface area contributed by atoms with Crippen LogP contribution in [0.3, 0.4) is 0 Å². The maximum atomic E-state index is 13.4. The van der Waals surface area contributed by atoms with Crippen molar-refractivity contribution in [3.63, 3.8) is 0 Å². The number of carbonyl (C=O) groups excluding carboxylic acids is 1. The fourth-order valence-corrected chi connectivity index (χ4v) is 2.00. The summed E-state index contributed by atoms with van der Waals surface area (Å²) in [6.07, 6.45) is -4.46. The molecule has 2 rings (SSSR count). The molecule has 3 nitrogen and oxygen atoms in total. The van der Waals surface area contributed by atoms with Gasteiger partial charge in [0.25, 0.3) is 5.91 Å². The Balaban J connectivity index is 2.24. The van der Waals surface area contributed by atoms with Gasteiger partial charge in [-0.3, -0.25) is 4.79 Å². The highest BCUT2D eigenvalue weighted by Gasteiger charge is 2.30. The van der Waals surface area contributed by atoms with Gasteiger partial charge in [0.05, 0.1) is 16.9 Å². The van der Waals surface area contributed by atoms with E-state index in [4.69, 9.17) is 0 Å². The van der Waals surface area contributed by atoms with Crippen LogP contribution in [-0.4, -0.2) is 20.0 Å². The lowest BCUT2D eigenvalue weighted by atomic mass is 10.1. The van der Waals surface area contributed by atoms with Crippen LogP contribution in [0.5, 0.6) is 0 Å². The Morgan fingerprint density at radius 2 is 1.65 bits per heavy atom. The molecule has 0 unspecified atom stereocenters. The molecule has 0 heterocycles. The number of nitrogens with one attached hydrogen (secondary N) is 1. The number of rotatable bonds is 3. The number of carbonyl (C=O) groups is 1. The molecule has 23 heavy (non-hydrogen) atoms. The summed E-state index contributed by atoms with van der Waals surface area (Å²) in [5.41, 5.74) is 0.0207. The third-order valence-electron chi connectivity index (χ3n) is 3.16. The summed E-state index contributed by atoms with van der Waals surface area (Å²) >= 11 is 0. The van der Waals surface area contributed by atoms with Crippen molar-refractivity contribution in [3.8, 4) is 0 Å². The van der Waals surface area contributed by atoms with Gasteiger partial charge in [0.2, 0.25) is 0 Å². The zero-order chi connectivity index (χ0) is 17.2. The summed E-state index contributed by atoms with van der Waals surface area (Å²) in [5, 5.41) is 2.51. The largest absolute Gasteiger partial charge is 0.416 e. The van der Waals surface area contributed by atoms with E-state index in [9.17, 15) is 22.4 Å². The van der Waals surface area contributed by atoms with Crippen LogP contribution in [-0.2, 0) is 6.18 Å². The van der Waals surface area contributed by atoms with Gasteiger partial charge in [-0.15, -0.1) is 0 Å². The van der Waals surface area contributed by atoms with E-state index < -0.39 is 23.5 Å². The first-order valence-electron chi connectivity index (χ1n) is 6.64. The molecule has 0 bridgehead atoms. The lowest BCUT2D eigenvalue weighted by molar-refractivity contribution is -0.137. The van der Waals surface area contributed by atoms with Gasteiger partial charge in [-0.05, 0) is 42.5 Å². The normalized spacial score (nSPS) is 11.2. The molecular formula is C16H14F4N2O. The van der Waals surface area contributed by atoms with E-state index in [0.29, 0.717) is 5.69 Å². The number of hydrogen-bond donors (Lipinski definition) is 1. The predicted molar refractivity (Wildman–Crippen MR) is 80.1 cm³/mol. The standard InChI is InChI=1S/C16H14F4N2O/c1-22(2)14-8-7-12(17)9-13(14)21-15(23)10-3-5-11(6-4-10)16(18,19)20/h3-9H,1-2H3,(H,21,23). The summed E-state index contributed by atoms with van der Waals surface area (Å²) in [4.78, 5) is 13.8. The van der Waals surface area contributed by atoms with Crippen molar-refractivity contribution in [3.05, 3.63) is 59.4 Å². The minimum absolute atomic E-state index is 0.0481. The third kappa shape index (κ3) is 4.00. The molecule has 0 spiro atoms. The van der Waals surface area contributed by atoms with Crippen LogP contribution < -0.4 is 10.2 Å². The van der Waals surface area contributed by atoms with E-state index in [0.717, 1.165) is 30.3 Å².